The van der Waals surface area contributed by atoms with E-state index in [-0.39, 0.29) is 11.3 Å². The second kappa shape index (κ2) is 5.88. The Kier molecular flexibility index (Phi) is 4.24. The highest BCUT2D eigenvalue weighted by Gasteiger charge is 2.48. The average Bonchev–Trinajstić information content (AvgIpc) is 3.10. The minimum absolute atomic E-state index is 0.153. The fraction of sp³-hybridized carbons (Fsp3) is 0.632. The van der Waals surface area contributed by atoms with Crippen LogP contribution in [-0.4, -0.2) is 23.4 Å². The number of rotatable bonds is 3. The molecule has 1 amide bonds. The molecule has 0 N–H and O–H groups in total. The summed E-state index contributed by atoms with van der Waals surface area (Å²) in [5, 5.41) is 0.801. The van der Waals surface area contributed by atoms with Crippen LogP contribution in [0.25, 0.3) is 0 Å². The Morgan fingerprint density at radius 3 is 2.73 bits per heavy atom. The lowest BCUT2D eigenvalue weighted by molar-refractivity contribution is -0.133. The highest BCUT2D eigenvalue weighted by Crippen LogP contribution is 2.51. The topological polar surface area (TPSA) is 20.3 Å². The lowest BCUT2D eigenvalue weighted by atomic mass is 9.87. The van der Waals surface area contributed by atoms with E-state index in [1.54, 1.807) is 0 Å². The van der Waals surface area contributed by atoms with Gasteiger partial charge in [0.1, 0.15) is 0 Å². The summed E-state index contributed by atoms with van der Waals surface area (Å²) in [5.41, 5.74) is 1.42. The van der Waals surface area contributed by atoms with Crippen LogP contribution in [0, 0.1) is 11.3 Å². The minimum Gasteiger partial charge on any atom is -0.339 e. The summed E-state index contributed by atoms with van der Waals surface area (Å²) in [4.78, 5) is 15.0. The maximum atomic E-state index is 12.9. The number of hydrogen-bond acceptors (Lipinski definition) is 1. The minimum atomic E-state index is 0.153. The lowest BCUT2D eigenvalue weighted by Crippen LogP contribution is -2.38. The maximum Gasteiger partial charge on any atom is 0.226 e. The van der Waals surface area contributed by atoms with Crippen molar-refractivity contribution in [3.8, 4) is 0 Å². The van der Waals surface area contributed by atoms with Gasteiger partial charge >= 0.3 is 0 Å². The molecule has 3 unspecified atom stereocenters. The summed E-state index contributed by atoms with van der Waals surface area (Å²) < 4.78 is 0. The second-order valence-electron chi connectivity index (χ2n) is 8.06. The molecule has 3 rings (SSSR count). The van der Waals surface area contributed by atoms with Crippen molar-refractivity contribution in [3.63, 3.8) is 0 Å². The monoisotopic (exact) mass is 319 g/mol. The van der Waals surface area contributed by atoms with Crippen LogP contribution in [0.5, 0.6) is 0 Å². The molecule has 1 aromatic rings. The highest BCUT2D eigenvalue weighted by molar-refractivity contribution is 6.31. The smallest absolute Gasteiger partial charge is 0.226 e. The molecule has 0 bridgehead atoms. The molecule has 1 aromatic carbocycles. The van der Waals surface area contributed by atoms with Gasteiger partial charge in [-0.3, -0.25) is 4.79 Å². The quantitative estimate of drug-likeness (QED) is 0.778. The second-order valence-corrected chi connectivity index (χ2v) is 8.47. The largest absolute Gasteiger partial charge is 0.339 e. The molecule has 1 saturated carbocycles. The number of halogens is 1. The average molecular weight is 320 g/mol. The van der Waals surface area contributed by atoms with Crippen molar-refractivity contribution in [1.29, 1.82) is 0 Å². The number of nitrogens with zero attached hydrogens (tertiary/aromatic N) is 1. The molecule has 2 aliphatic rings. The molecule has 0 radical (unpaired) electrons. The van der Waals surface area contributed by atoms with Crippen LogP contribution in [0.1, 0.15) is 57.9 Å². The summed E-state index contributed by atoms with van der Waals surface area (Å²) >= 11 is 6.28. The summed E-state index contributed by atoms with van der Waals surface area (Å²) in [6.45, 7) is 7.72. The van der Waals surface area contributed by atoms with Crippen molar-refractivity contribution in [3.05, 3.63) is 34.9 Å². The van der Waals surface area contributed by atoms with E-state index in [0.29, 0.717) is 17.9 Å². The molecule has 3 heteroatoms. The van der Waals surface area contributed by atoms with Crippen molar-refractivity contribution >= 4 is 17.5 Å². The summed E-state index contributed by atoms with van der Waals surface area (Å²) in [6.07, 6.45) is 4.37. The van der Waals surface area contributed by atoms with Crippen LogP contribution < -0.4 is 0 Å². The molecule has 2 fully saturated rings. The molecule has 1 saturated heterocycles. The van der Waals surface area contributed by atoms with Gasteiger partial charge in [-0.2, -0.15) is 0 Å². The van der Waals surface area contributed by atoms with Gasteiger partial charge in [0.05, 0.1) is 0 Å². The van der Waals surface area contributed by atoms with E-state index in [4.69, 9.17) is 11.6 Å². The maximum absolute atomic E-state index is 12.9. The van der Waals surface area contributed by atoms with Crippen LogP contribution in [0.15, 0.2) is 24.3 Å². The first-order chi connectivity index (χ1) is 10.4. The molecule has 22 heavy (non-hydrogen) atoms. The van der Waals surface area contributed by atoms with Gasteiger partial charge in [-0.1, -0.05) is 50.6 Å². The standard InChI is InChI=1S/C19H26ClNO/c1-19(2,3)12-13-7-6-10-21(13)18(22)16-11-15(16)14-8-4-5-9-17(14)20/h4-5,8-9,13,15-16H,6-7,10-12H2,1-3H3. The van der Waals surface area contributed by atoms with Crippen molar-refractivity contribution in [2.24, 2.45) is 11.3 Å². The third kappa shape index (κ3) is 3.32. The SMILES string of the molecule is CC(C)(C)CC1CCCN1C(=O)C1CC1c1ccccc1Cl. The van der Waals surface area contributed by atoms with Gasteiger partial charge in [0.15, 0.2) is 0 Å². The van der Waals surface area contributed by atoms with Gasteiger partial charge in [0, 0.05) is 23.5 Å². The van der Waals surface area contributed by atoms with E-state index in [1.807, 2.05) is 18.2 Å². The lowest BCUT2D eigenvalue weighted by Gasteiger charge is -2.30. The van der Waals surface area contributed by atoms with Gasteiger partial charge in [-0.05, 0) is 48.6 Å². The van der Waals surface area contributed by atoms with Crippen molar-refractivity contribution in [1.82, 2.24) is 4.90 Å². The molecule has 3 atom stereocenters. The van der Waals surface area contributed by atoms with E-state index >= 15 is 0 Å². The Labute approximate surface area is 138 Å². The summed E-state index contributed by atoms with van der Waals surface area (Å²) in [6, 6.07) is 8.39. The fourth-order valence-electron chi connectivity index (χ4n) is 3.85. The van der Waals surface area contributed by atoms with Crippen molar-refractivity contribution in [2.75, 3.05) is 6.54 Å². The van der Waals surface area contributed by atoms with Crippen LogP contribution in [0.3, 0.4) is 0 Å². The number of likely N-dealkylation sites (tertiary alicyclic amines) is 1. The van der Waals surface area contributed by atoms with Crippen molar-refractivity contribution < 1.29 is 4.79 Å². The molecule has 120 valence electrons. The number of amides is 1. The van der Waals surface area contributed by atoms with E-state index in [9.17, 15) is 4.79 Å². The van der Waals surface area contributed by atoms with E-state index < -0.39 is 0 Å². The highest BCUT2D eigenvalue weighted by atomic mass is 35.5. The molecule has 1 aliphatic carbocycles. The Bertz CT molecular complexity index is 563. The van der Waals surface area contributed by atoms with E-state index in [2.05, 4.69) is 31.7 Å². The molecular weight excluding hydrogens is 294 g/mol. The normalized spacial score (nSPS) is 28.0. The van der Waals surface area contributed by atoms with Crippen LogP contribution in [0.2, 0.25) is 5.02 Å². The Morgan fingerprint density at radius 1 is 1.32 bits per heavy atom. The third-order valence-corrected chi connectivity index (χ3v) is 5.26. The first kappa shape index (κ1) is 15.9. The zero-order valence-corrected chi connectivity index (χ0v) is 14.6. The Hall–Kier alpha value is -1.02. The summed E-state index contributed by atoms with van der Waals surface area (Å²) in [7, 11) is 0. The van der Waals surface area contributed by atoms with E-state index in [1.165, 1.54) is 0 Å². The number of carbonyl (C=O) groups excluding carboxylic acids is 1. The zero-order valence-electron chi connectivity index (χ0n) is 13.8. The predicted octanol–water partition coefficient (Wildman–Crippen LogP) is 4.87. The van der Waals surface area contributed by atoms with Gasteiger partial charge < -0.3 is 4.90 Å². The number of carbonyl (C=O) groups is 1. The molecule has 0 spiro atoms. The molecule has 0 aromatic heterocycles. The third-order valence-electron chi connectivity index (χ3n) is 4.92. The molecular formula is C19H26ClNO. The molecule has 2 nitrogen and oxygen atoms in total. The molecule has 1 heterocycles. The van der Waals surface area contributed by atoms with Gasteiger partial charge in [0.2, 0.25) is 5.91 Å². The number of hydrogen-bond donors (Lipinski definition) is 0. The Morgan fingerprint density at radius 2 is 2.05 bits per heavy atom. The van der Waals surface area contributed by atoms with Crippen LogP contribution >= 0.6 is 11.6 Å². The molecule has 1 aliphatic heterocycles. The van der Waals surface area contributed by atoms with Gasteiger partial charge in [0.25, 0.3) is 0 Å². The van der Waals surface area contributed by atoms with Crippen molar-refractivity contribution in [2.45, 2.75) is 58.4 Å². The predicted molar refractivity (Wildman–Crippen MR) is 91.1 cm³/mol. The fourth-order valence-corrected chi connectivity index (χ4v) is 4.12. The Balaban J connectivity index is 1.67. The van der Waals surface area contributed by atoms with E-state index in [0.717, 1.165) is 42.8 Å². The number of benzene rings is 1. The van der Waals surface area contributed by atoms with Crippen LogP contribution in [0.4, 0.5) is 0 Å². The summed E-state index contributed by atoms with van der Waals surface area (Å²) in [5.74, 6) is 0.842. The van der Waals surface area contributed by atoms with Gasteiger partial charge in [-0.15, -0.1) is 0 Å². The van der Waals surface area contributed by atoms with Gasteiger partial charge in [-0.25, -0.2) is 0 Å². The first-order valence-corrected chi connectivity index (χ1v) is 8.79. The zero-order chi connectivity index (χ0) is 15.9. The van der Waals surface area contributed by atoms with Crippen LogP contribution in [-0.2, 0) is 4.79 Å². The first-order valence-electron chi connectivity index (χ1n) is 8.42.